The number of nitrogens with zero attached hydrogens (tertiary/aromatic N) is 3. The van der Waals surface area contributed by atoms with E-state index in [9.17, 15) is 9.90 Å². The van der Waals surface area contributed by atoms with Crippen LogP contribution in [0, 0.1) is 0 Å². The fourth-order valence-corrected chi connectivity index (χ4v) is 3.99. The molecule has 0 radical (unpaired) electrons. The van der Waals surface area contributed by atoms with E-state index < -0.39 is 0 Å². The Balaban J connectivity index is 1.48. The van der Waals surface area contributed by atoms with Crippen LogP contribution in [0.25, 0.3) is 0 Å². The van der Waals surface area contributed by atoms with Gasteiger partial charge in [-0.05, 0) is 35.6 Å². The van der Waals surface area contributed by atoms with Gasteiger partial charge in [-0.1, -0.05) is 55.8 Å². The molecule has 170 valence electrons. The number of nitrogens with one attached hydrogen (secondary N) is 1. The highest BCUT2D eigenvalue weighted by Crippen LogP contribution is 2.25. The number of phenols is 1. The minimum atomic E-state index is -0.145. The molecule has 2 aromatic carbocycles. The molecule has 2 aromatic rings. The highest BCUT2D eigenvalue weighted by atomic mass is 16.3. The van der Waals surface area contributed by atoms with Crippen molar-refractivity contribution in [2.24, 2.45) is 5.10 Å². The van der Waals surface area contributed by atoms with Crippen LogP contribution in [-0.4, -0.2) is 59.8 Å². The Morgan fingerprint density at radius 2 is 1.84 bits per heavy atom. The third kappa shape index (κ3) is 7.04. The number of carbonyl (C=O) groups is 1. The molecule has 0 bridgehead atoms. The van der Waals surface area contributed by atoms with Crippen molar-refractivity contribution in [1.29, 1.82) is 0 Å². The van der Waals surface area contributed by atoms with Gasteiger partial charge in [0.1, 0.15) is 5.75 Å². The van der Waals surface area contributed by atoms with Crippen LogP contribution in [-0.2, 0) is 24.2 Å². The summed E-state index contributed by atoms with van der Waals surface area (Å²) in [6.07, 6.45) is 5.82. The number of carbonyl (C=O) groups excluding carboxylic acids is 1. The van der Waals surface area contributed by atoms with Crippen molar-refractivity contribution in [3.05, 3.63) is 77.4 Å². The van der Waals surface area contributed by atoms with E-state index in [0.717, 1.165) is 63.1 Å². The van der Waals surface area contributed by atoms with Crippen molar-refractivity contribution >= 4 is 12.1 Å². The van der Waals surface area contributed by atoms with Crippen molar-refractivity contribution in [2.75, 3.05) is 32.7 Å². The van der Waals surface area contributed by atoms with Crippen molar-refractivity contribution in [3.8, 4) is 5.75 Å². The van der Waals surface area contributed by atoms with Crippen molar-refractivity contribution in [3.63, 3.8) is 0 Å². The number of piperazine rings is 1. The van der Waals surface area contributed by atoms with Gasteiger partial charge in [0.05, 0.1) is 12.8 Å². The van der Waals surface area contributed by atoms with E-state index in [1.807, 2.05) is 24.3 Å². The number of aryl methyl sites for hydroxylation is 1. The minimum absolute atomic E-state index is 0.145. The monoisotopic (exact) mass is 434 g/mol. The number of hydrazone groups is 1. The van der Waals surface area contributed by atoms with Gasteiger partial charge in [-0.25, -0.2) is 5.43 Å². The molecule has 6 heteroatoms. The average molecular weight is 435 g/mol. The van der Waals surface area contributed by atoms with Gasteiger partial charge in [-0.15, -0.1) is 6.58 Å². The molecule has 2 N–H and O–H groups in total. The maximum Gasteiger partial charge on any atom is 0.254 e. The third-order valence-corrected chi connectivity index (χ3v) is 5.65. The predicted molar refractivity (Wildman–Crippen MR) is 130 cm³/mol. The Hall–Kier alpha value is -2.96. The summed E-state index contributed by atoms with van der Waals surface area (Å²) in [4.78, 5) is 16.9. The number of amides is 1. The van der Waals surface area contributed by atoms with E-state index in [-0.39, 0.29) is 11.7 Å². The van der Waals surface area contributed by atoms with Crippen LogP contribution in [0.1, 0.15) is 35.6 Å². The number of hydrogen-bond acceptors (Lipinski definition) is 5. The zero-order chi connectivity index (χ0) is 22.8. The first-order valence-corrected chi connectivity index (χ1v) is 11.3. The summed E-state index contributed by atoms with van der Waals surface area (Å²) in [5, 5.41) is 14.6. The lowest BCUT2D eigenvalue weighted by atomic mass is 9.99. The van der Waals surface area contributed by atoms with Gasteiger partial charge in [0.25, 0.3) is 5.91 Å². The molecule has 32 heavy (non-hydrogen) atoms. The minimum Gasteiger partial charge on any atom is -0.507 e. The SMILES string of the molecule is C=CCc1cc(C=NNC(=O)CN2CCN(Cc3ccccc3)CC2)c(O)c(CCC)c1. The van der Waals surface area contributed by atoms with Gasteiger partial charge >= 0.3 is 0 Å². The number of allylic oxidation sites excluding steroid dienone is 1. The lowest BCUT2D eigenvalue weighted by Crippen LogP contribution is -2.48. The van der Waals surface area contributed by atoms with E-state index in [4.69, 9.17) is 0 Å². The van der Waals surface area contributed by atoms with Crippen molar-refractivity contribution < 1.29 is 9.90 Å². The third-order valence-electron chi connectivity index (χ3n) is 5.65. The fourth-order valence-electron chi connectivity index (χ4n) is 3.99. The van der Waals surface area contributed by atoms with Crippen LogP contribution in [0.3, 0.4) is 0 Å². The Morgan fingerprint density at radius 3 is 2.53 bits per heavy atom. The van der Waals surface area contributed by atoms with E-state index in [1.165, 1.54) is 11.8 Å². The molecule has 0 spiro atoms. The number of aromatic hydroxyl groups is 1. The summed E-state index contributed by atoms with van der Waals surface area (Å²) >= 11 is 0. The topological polar surface area (TPSA) is 68.2 Å². The van der Waals surface area contributed by atoms with Gasteiger partial charge in [0, 0.05) is 38.3 Å². The molecule has 1 aliphatic rings. The van der Waals surface area contributed by atoms with Crippen LogP contribution < -0.4 is 5.43 Å². The predicted octanol–water partition coefficient (Wildman–Crippen LogP) is 3.34. The Kier molecular flexibility index (Phi) is 9.01. The second-order valence-corrected chi connectivity index (χ2v) is 8.27. The van der Waals surface area contributed by atoms with Gasteiger partial charge in [0.2, 0.25) is 0 Å². The highest BCUT2D eigenvalue weighted by Gasteiger charge is 2.19. The summed E-state index contributed by atoms with van der Waals surface area (Å²) in [7, 11) is 0. The molecule has 3 rings (SSSR count). The molecule has 1 aliphatic heterocycles. The number of rotatable bonds is 10. The van der Waals surface area contributed by atoms with Crippen LogP contribution >= 0.6 is 0 Å². The zero-order valence-corrected chi connectivity index (χ0v) is 19.0. The van der Waals surface area contributed by atoms with Crippen molar-refractivity contribution in [2.45, 2.75) is 32.7 Å². The molecule has 0 atom stereocenters. The normalized spacial score (nSPS) is 15.2. The highest BCUT2D eigenvalue weighted by molar-refractivity contribution is 5.86. The first-order chi connectivity index (χ1) is 15.6. The quantitative estimate of drug-likeness (QED) is 0.342. The van der Waals surface area contributed by atoms with E-state index >= 15 is 0 Å². The summed E-state index contributed by atoms with van der Waals surface area (Å²) in [5.74, 6) is 0.0838. The fraction of sp³-hybridized carbons (Fsp3) is 0.385. The Labute approximate surface area is 191 Å². The molecule has 0 aliphatic carbocycles. The van der Waals surface area contributed by atoms with Gasteiger partial charge in [0.15, 0.2) is 0 Å². The Morgan fingerprint density at radius 1 is 1.12 bits per heavy atom. The van der Waals surface area contributed by atoms with E-state index in [0.29, 0.717) is 12.1 Å². The molecular formula is C26H34N4O2. The average Bonchev–Trinajstić information content (AvgIpc) is 2.79. The lowest BCUT2D eigenvalue weighted by Gasteiger charge is -2.34. The van der Waals surface area contributed by atoms with Crippen molar-refractivity contribution in [1.82, 2.24) is 15.2 Å². The summed E-state index contributed by atoms with van der Waals surface area (Å²) in [6, 6.07) is 14.4. The molecule has 0 saturated carbocycles. The first-order valence-electron chi connectivity index (χ1n) is 11.3. The van der Waals surface area contributed by atoms with Gasteiger partial charge in [-0.2, -0.15) is 5.10 Å². The zero-order valence-electron chi connectivity index (χ0n) is 19.0. The molecule has 1 saturated heterocycles. The maximum absolute atomic E-state index is 12.3. The summed E-state index contributed by atoms with van der Waals surface area (Å²) in [6.45, 7) is 10.7. The molecule has 6 nitrogen and oxygen atoms in total. The molecule has 1 heterocycles. The number of benzene rings is 2. The van der Waals surface area contributed by atoms with E-state index in [2.05, 4.69) is 58.1 Å². The lowest BCUT2D eigenvalue weighted by molar-refractivity contribution is -0.122. The summed E-state index contributed by atoms with van der Waals surface area (Å²) in [5.41, 5.74) is 6.50. The largest absolute Gasteiger partial charge is 0.507 e. The van der Waals surface area contributed by atoms with Crippen LogP contribution in [0.5, 0.6) is 5.75 Å². The second kappa shape index (κ2) is 12.2. The number of phenolic OH excluding ortho intramolecular Hbond substituents is 1. The van der Waals surface area contributed by atoms with E-state index in [1.54, 1.807) is 0 Å². The Bertz CT molecular complexity index is 919. The van der Waals surface area contributed by atoms with Gasteiger partial charge < -0.3 is 5.11 Å². The van der Waals surface area contributed by atoms with Crippen LogP contribution in [0.15, 0.2) is 60.2 Å². The molecule has 0 unspecified atom stereocenters. The number of hydrogen-bond donors (Lipinski definition) is 2. The first kappa shape index (κ1) is 23.7. The molecule has 1 amide bonds. The van der Waals surface area contributed by atoms with Gasteiger partial charge in [-0.3, -0.25) is 14.6 Å². The summed E-state index contributed by atoms with van der Waals surface area (Å²) < 4.78 is 0. The van der Waals surface area contributed by atoms with Crippen LogP contribution in [0.4, 0.5) is 0 Å². The molecular weight excluding hydrogens is 400 g/mol. The molecule has 0 aromatic heterocycles. The maximum atomic E-state index is 12.3. The second-order valence-electron chi connectivity index (χ2n) is 8.27. The molecule has 1 fully saturated rings. The smallest absolute Gasteiger partial charge is 0.254 e. The standard InChI is InChI=1S/C26H34N4O2/c1-3-8-22-16-23(9-4-2)26(32)24(17-22)18-27-28-25(31)20-30-14-12-29(13-15-30)19-21-10-6-5-7-11-21/h3,5-7,10-11,16-18,32H,1,4,8-9,12-15,19-20H2,2H3,(H,28,31). The van der Waals surface area contributed by atoms with Crippen LogP contribution in [0.2, 0.25) is 0 Å².